The molecule has 0 spiro atoms. The second-order valence-electron chi connectivity index (χ2n) is 18.1. The lowest BCUT2D eigenvalue weighted by atomic mass is 9.91. The van der Waals surface area contributed by atoms with Gasteiger partial charge in [0.05, 0.1) is 33.4 Å². The number of para-hydroxylation sites is 8. The molecule has 0 saturated heterocycles. The van der Waals surface area contributed by atoms with Crippen LogP contribution in [0.4, 0.5) is 17.1 Å². The molecule has 0 saturated carbocycles. The molecule has 3 heterocycles. The predicted octanol–water partition coefficient (Wildman–Crippen LogP) is 18.3. The standard InChI is InChI=1S/C66H43N3O/c1-4-19-49(20-5-1)67(50-21-6-2-7-22-50)59-30-14-10-25-52(59)48-40-46(44-35-37-62-57(42-44)53-26-11-15-31-60(53)68(62)51-23-8-3-9-24-51)39-47(41-48)45-36-38-63-58(43-45)54-27-12-16-32-61(54)69(63)64-33-18-29-56-55-28-13-17-34-65(55)70-66(56)64/h1-43H. The van der Waals surface area contributed by atoms with Crippen molar-refractivity contribution in [3.05, 3.63) is 261 Å². The lowest BCUT2D eigenvalue weighted by Crippen LogP contribution is -2.10. The molecule has 0 unspecified atom stereocenters. The van der Waals surface area contributed by atoms with E-state index in [4.69, 9.17) is 4.42 Å². The summed E-state index contributed by atoms with van der Waals surface area (Å²) in [5.74, 6) is 0. The quantitative estimate of drug-likeness (QED) is 0.152. The molecular formula is C66H43N3O. The first-order valence-electron chi connectivity index (χ1n) is 23.9. The number of hydrogen-bond acceptors (Lipinski definition) is 2. The lowest BCUT2D eigenvalue weighted by Gasteiger charge is -2.28. The van der Waals surface area contributed by atoms with Crippen molar-refractivity contribution < 1.29 is 4.42 Å². The van der Waals surface area contributed by atoms with Crippen LogP contribution in [0.3, 0.4) is 0 Å². The molecule has 4 nitrogen and oxygen atoms in total. The molecule has 0 N–H and O–H groups in total. The van der Waals surface area contributed by atoms with Crippen molar-refractivity contribution in [2.24, 2.45) is 0 Å². The number of benzene rings is 11. The zero-order chi connectivity index (χ0) is 46.1. The Hall–Kier alpha value is -9.38. The molecule has 14 aromatic rings. The summed E-state index contributed by atoms with van der Waals surface area (Å²) in [6.45, 7) is 0. The van der Waals surface area contributed by atoms with Gasteiger partial charge in [-0.25, -0.2) is 0 Å². The Morgan fingerprint density at radius 1 is 0.300 bits per heavy atom. The van der Waals surface area contributed by atoms with Crippen LogP contribution in [-0.2, 0) is 0 Å². The molecule has 0 aliphatic heterocycles. The van der Waals surface area contributed by atoms with E-state index in [2.05, 4.69) is 269 Å². The van der Waals surface area contributed by atoms with Crippen LogP contribution in [0.2, 0.25) is 0 Å². The summed E-state index contributed by atoms with van der Waals surface area (Å²) in [6, 6.07) is 94.3. The maximum absolute atomic E-state index is 6.64. The summed E-state index contributed by atoms with van der Waals surface area (Å²) in [6.07, 6.45) is 0. The van der Waals surface area contributed by atoms with Crippen LogP contribution in [-0.4, -0.2) is 9.13 Å². The third-order valence-corrected chi connectivity index (χ3v) is 14.1. The molecule has 328 valence electrons. The molecule has 0 radical (unpaired) electrons. The van der Waals surface area contributed by atoms with Gasteiger partial charge in [0, 0.05) is 54.9 Å². The summed E-state index contributed by atoms with van der Waals surface area (Å²) < 4.78 is 11.4. The molecule has 0 amide bonds. The average molecular weight is 894 g/mol. The fourth-order valence-corrected chi connectivity index (χ4v) is 10.9. The van der Waals surface area contributed by atoms with E-state index in [9.17, 15) is 0 Å². The second-order valence-corrected chi connectivity index (χ2v) is 18.1. The monoisotopic (exact) mass is 893 g/mol. The molecule has 70 heavy (non-hydrogen) atoms. The lowest BCUT2D eigenvalue weighted by molar-refractivity contribution is 0.666. The summed E-state index contributed by atoms with van der Waals surface area (Å²) in [7, 11) is 0. The Morgan fingerprint density at radius 3 is 1.44 bits per heavy atom. The van der Waals surface area contributed by atoms with E-state index in [1.54, 1.807) is 0 Å². The average Bonchev–Trinajstić information content (AvgIpc) is 4.09. The number of nitrogens with zero attached hydrogens (tertiary/aromatic N) is 3. The van der Waals surface area contributed by atoms with Gasteiger partial charge in [-0.2, -0.15) is 0 Å². The van der Waals surface area contributed by atoms with Gasteiger partial charge in [0.25, 0.3) is 0 Å². The molecular weight excluding hydrogens is 851 g/mol. The second kappa shape index (κ2) is 16.2. The summed E-state index contributed by atoms with van der Waals surface area (Å²) in [5.41, 5.74) is 18.7. The van der Waals surface area contributed by atoms with Gasteiger partial charge in [-0.15, -0.1) is 0 Å². The first-order chi connectivity index (χ1) is 34.7. The van der Waals surface area contributed by atoms with Crippen LogP contribution in [0, 0.1) is 0 Å². The van der Waals surface area contributed by atoms with Gasteiger partial charge in [0.15, 0.2) is 5.58 Å². The van der Waals surface area contributed by atoms with Crippen LogP contribution in [0.1, 0.15) is 0 Å². The molecule has 11 aromatic carbocycles. The molecule has 4 heteroatoms. The summed E-state index contributed by atoms with van der Waals surface area (Å²) >= 11 is 0. The van der Waals surface area contributed by atoms with E-state index in [1.165, 1.54) is 32.6 Å². The molecule has 0 aliphatic carbocycles. The van der Waals surface area contributed by atoms with E-state index in [-0.39, 0.29) is 0 Å². The smallest absolute Gasteiger partial charge is 0.159 e. The normalized spacial score (nSPS) is 11.7. The van der Waals surface area contributed by atoms with Gasteiger partial charge in [-0.3, -0.25) is 0 Å². The zero-order valence-corrected chi connectivity index (χ0v) is 38.1. The van der Waals surface area contributed by atoms with Crippen LogP contribution in [0.25, 0.3) is 110 Å². The Bertz CT molecular complexity index is 4260. The molecule has 0 bridgehead atoms. The fourth-order valence-electron chi connectivity index (χ4n) is 10.9. The zero-order valence-electron chi connectivity index (χ0n) is 38.1. The van der Waals surface area contributed by atoms with Crippen LogP contribution < -0.4 is 4.90 Å². The Balaban J connectivity index is 0.998. The minimum atomic E-state index is 0.885. The van der Waals surface area contributed by atoms with Gasteiger partial charge in [0.1, 0.15) is 5.58 Å². The third-order valence-electron chi connectivity index (χ3n) is 14.1. The summed E-state index contributed by atoms with van der Waals surface area (Å²) in [4.78, 5) is 2.37. The maximum Gasteiger partial charge on any atom is 0.159 e. The van der Waals surface area contributed by atoms with Crippen LogP contribution in [0.5, 0.6) is 0 Å². The Labute approximate surface area is 404 Å². The van der Waals surface area contributed by atoms with Gasteiger partial charge in [-0.1, -0.05) is 152 Å². The first-order valence-corrected chi connectivity index (χ1v) is 23.9. The van der Waals surface area contributed by atoms with E-state index in [0.717, 1.165) is 94.8 Å². The molecule has 0 aliphatic rings. The van der Waals surface area contributed by atoms with Gasteiger partial charge >= 0.3 is 0 Å². The number of anilines is 3. The molecule has 14 rings (SSSR count). The molecule has 0 atom stereocenters. The number of fused-ring (bicyclic) bond motifs is 9. The van der Waals surface area contributed by atoms with Crippen molar-refractivity contribution in [3.63, 3.8) is 0 Å². The predicted molar refractivity (Wildman–Crippen MR) is 293 cm³/mol. The number of hydrogen-bond donors (Lipinski definition) is 0. The number of furan rings is 1. The van der Waals surface area contributed by atoms with Crippen molar-refractivity contribution >= 4 is 82.6 Å². The minimum Gasteiger partial charge on any atom is -0.454 e. The largest absolute Gasteiger partial charge is 0.454 e. The van der Waals surface area contributed by atoms with Crippen LogP contribution in [0.15, 0.2) is 265 Å². The van der Waals surface area contributed by atoms with E-state index in [1.807, 2.05) is 6.07 Å². The van der Waals surface area contributed by atoms with Gasteiger partial charge < -0.3 is 18.5 Å². The highest BCUT2D eigenvalue weighted by atomic mass is 16.3. The number of rotatable bonds is 8. The first kappa shape index (κ1) is 39.8. The van der Waals surface area contributed by atoms with Gasteiger partial charge in [-0.05, 0) is 137 Å². The van der Waals surface area contributed by atoms with Crippen molar-refractivity contribution in [1.29, 1.82) is 0 Å². The topological polar surface area (TPSA) is 26.2 Å². The van der Waals surface area contributed by atoms with E-state index >= 15 is 0 Å². The van der Waals surface area contributed by atoms with Crippen molar-refractivity contribution in [3.8, 4) is 44.8 Å². The van der Waals surface area contributed by atoms with Crippen molar-refractivity contribution in [1.82, 2.24) is 9.13 Å². The van der Waals surface area contributed by atoms with E-state index in [0.29, 0.717) is 0 Å². The van der Waals surface area contributed by atoms with Crippen molar-refractivity contribution in [2.45, 2.75) is 0 Å². The maximum atomic E-state index is 6.64. The van der Waals surface area contributed by atoms with Crippen molar-refractivity contribution in [2.75, 3.05) is 4.90 Å². The fraction of sp³-hybridized carbons (Fsp3) is 0. The third kappa shape index (κ3) is 6.38. The van der Waals surface area contributed by atoms with E-state index < -0.39 is 0 Å². The molecule has 0 fully saturated rings. The highest BCUT2D eigenvalue weighted by Crippen LogP contribution is 2.45. The Kier molecular flexibility index (Phi) is 9.17. The van der Waals surface area contributed by atoms with Gasteiger partial charge in [0.2, 0.25) is 0 Å². The van der Waals surface area contributed by atoms with Crippen LogP contribution >= 0.6 is 0 Å². The summed E-state index contributed by atoms with van der Waals surface area (Å²) in [5, 5.41) is 7.06. The SMILES string of the molecule is c1ccc(N(c2ccccc2)c2ccccc2-c2cc(-c3ccc4c(c3)c3ccccc3n4-c3ccccc3)cc(-c3ccc4c(c3)c3ccccc3n4-c3cccc4c3oc3ccccc34)c2)cc1. The highest BCUT2D eigenvalue weighted by molar-refractivity contribution is 6.14. The number of aromatic nitrogens is 2. The highest BCUT2D eigenvalue weighted by Gasteiger charge is 2.21. The Morgan fingerprint density at radius 2 is 0.786 bits per heavy atom. The minimum absolute atomic E-state index is 0.885. The molecule has 3 aromatic heterocycles.